The molecule has 0 bridgehead atoms. The van der Waals surface area contributed by atoms with Gasteiger partial charge in [-0.25, -0.2) is 0 Å². The molecule has 192 valence electrons. The topological polar surface area (TPSA) is 104 Å². The van der Waals surface area contributed by atoms with Gasteiger partial charge in [-0.3, -0.25) is 9.59 Å². The van der Waals surface area contributed by atoms with E-state index in [0.29, 0.717) is 45.4 Å². The molecule has 0 atom stereocenters. The van der Waals surface area contributed by atoms with Crippen LogP contribution in [0.4, 0.5) is 0 Å². The van der Waals surface area contributed by atoms with Crippen LogP contribution in [0.5, 0.6) is 11.5 Å². The number of ether oxygens (including phenoxy) is 5. The van der Waals surface area contributed by atoms with Gasteiger partial charge in [0, 0.05) is 25.2 Å². The quantitative estimate of drug-likeness (QED) is 0.349. The summed E-state index contributed by atoms with van der Waals surface area (Å²) in [6.45, 7) is 6.13. The molecule has 2 amide bonds. The second-order valence-electron chi connectivity index (χ2n) is 7.76. The van der Waals surface area contributed by atoms with Gasteiger partial charge in [0.1, 0.15) is 37.9 Å². The maximum absolute atomic E-state index is 11.3. The van der Waals surface area contributed by atoms with E-state index in [1.165, 1.54) is 0 Å². The molecule has 0 heterocycles. The summed E-state index contributed by atoms with van der Waals surface area (Å²) in [7, 11) is 3.13. The van der Waals surface area contributed by atoms with Crippen LogP contribution >= 0.6 is 0 Å². The third kappa shape index (κ3) is 10.3. The standard InChI is InChI=1S/C26H36N2O7/c1-19-5-7-23(34-13-11-31-9-10-32-17-25(29)27-3)21(15-19)22-16-20(2)6-8-24(22)35-14-12-33-18-26(30)28-4/h5-8,15-16H,9-14,17-18H2,1-4H3,(H,27,29)(H,28,30). The van der Waals surface area contributed by atoms with Crippen molar-refractivity contribution < 1.29 is 33.3 Å². The van der Waals surface area contributed by atoms with Crippen LogP contribution in [-0.2, 0) is 23.8 Å². The molecule has 0 aromatic heterocycles. The molecule has 0 aliphatic carbocycles. The van der Waals surface area contributed by atoms with E-state index in [-0.39, 0.29) is 25.0 Å². The maximum atomic E-state index is 11.3. The molecule has 0 radical (unpaired) electrons. The highest BCUT2D eigenvalue weighted by atomic mass is 16.5. The first-order valence-electron chi connectivity index (χ1n) is 11.6. The second kappa shape index (κ2) is 15.7. The summed E-state index contributed by atoms with van der Waals surface area (Å²) in [5.41, 5.74) is 4.02. The minimum absolute atomic E-state index is 0.00124. The fourth-order valence-electron chi connectivity index (χ4n) is 3.08. The Morgan fingerprint density at radius 2 is 1.03 bits per heavy atom. The fraction of sp³-hybridized carbons (Fsp3) is 0.462. The van der Waals surface area contributed by atoms with Crippen molar-refractivity contribution in [2.45, 2.75) is 13.8 Å². The van der Waals surface area contributed by atoms with Crippen molar-refractivity contribution >= 4 is 11.8 Å². The van der Waals surface area contributed by atoms with Gasteiger partial charge >= 0.3 is 0 Å². The van der Waals surface area contributed by atoms with Crippen molar-refractivity contribution in [3.05, 3.63) is 47.5 Å². The Morgan fingerprint density at radius 3 is 1.49 bits per heavy atom. The molecule has 0 aliphatic rings. The normalized spacial score (nSPS) is 10.6. The third-order valence-corrected chi connectivity index (χ3v) is 4.93. The summed E-state index contributed by atoms with van der Waals surface area (Å²) in [4.78, 5) is 22.4. The van der Waals surface area contributed by atoms with Crippen LogP contribution in [0.15, 0.2) is 36.4 Å². The third-order valence-electron chi connectivity index (χ3n) is 4.93. The SMILES string of the molecule is CNC(=O)COCCOCCOc1ccc(C)cc1-c1cc(C)ccc1OCCOCC(=O)NC. The van der Waals surface area contributed by atoms with Crippen LogP contribution in [-0.4, -0.2) is 78.8 Å². The van der Waals surface area contributed by atoms with E-state index in [4.69, 9.17) is 23.7 Å². The van der Waals surface area contributed by atoms with Gasteiger partial charge < -0.3 is 34.3 Å². The molecule has 2 aromatic carbocycles. The molecule has 0 fully saturated rings. The van der Waals surface area contributed by atoms with Crippen LogP contribution in [0.1, 0.15) is 11.1 Å². The highest BCUT2D eigenvalue weighted by Crippen LogP contribution is 2.37. The minimum atomic E-state index is -0.178. The van der Waals surface area contributed by atoms with Gasteiger partial charge in [-0.2, -0.15) is 0 Å². The Hall–Kier alpha value is -3.14. The summed E-state index contributed by atoms with van der Waals surface area (Å²) < 4.78 is 28.1. The molecule has 2 N–H and O–H groups in total. The van der Waals surface area contributed by atoms with Crippen LogP contribution in [0.2, 0.25) is 0 Å². The van der Waals surface area contributed by atoms with E-state index in [2.05, 4.69) is 22.8 Å². The van der Waals surface area contributed by atoms with E-state index in [9.17, 15) is 9.59 Å². The van der Waals surface area contributed by atoms with Gasteiger partial charge in [-0.1, -0.05) is 23.3 Å². The van der Waals surface area contributed by atoms with Crippen LogP contribution in [0.3, 0.4) is 0 Å². The molecule has 0 spiro atoms. The molecule has 9 nitrogen and oxygen atoms in total. The number of hydrogen-bond donors (Lipinski definition) is 2. The molecule has 0 saturated heterocycles. The Kier molecular flexibility index (Phi) is 12.6. The lowest BCUT2D eigenvalue weighted by Crippen LogP contribution is -2.24. The largest absolute Gasteiger partial charge is 0.491 e. The van der Waals surface area contributed by atoms with Crippen molar-refractivity contribution in [2.75, 3.05) is 67.0 Å². The number of aryl methyl sites for hydroxylation is 2. The monoisotopic (exact) mass is 488 g/mol. The highest BCUT2D eigenvalue weighted by molar-refractivity contribution is 5.77. The van der Waals surface area contributed by atoms with Crippen molar-refractivity contribution in [3.8, 4) is 22.6 Å². The molecule has 35 heavy (non-hydrogen) atoms. The molecule has 0 aliphatic heterocycles. The lowest BCUT2D eigenvalue weighted by atomic mass is 9.99. The van der Waals surface area contributed by atoms with E-state index >= 15 is 0 Å². The molecular formula is C26H36N2O7. The Labute approximate surface area is 207 Å². The van der Waals surface area contributed by atoms with Crippen molar-refractivity contribution in [1.29, 1.82) is 0 Å². The van der Waals surface area contributed by atoms with Gasteiger partial charge in [-0.05, 0) is 38.1 Å². The number of benzene rings is 2. The Bertz CT molecular complexity index is 949. The smallest absolute Gasteiger partial charge is 0.245 e. The van der Waals surface area contributed by atoms with E-state index in [1.54, 1.807) is 14.1 Å². The van der Waals surface area contributed by atoms with Crippen LogP contribution in [0, 0.1) is 13.8 Å². The molecule has 9 heteroatoms. The average Bonchev–Trinajstić information content (AvgIpc) is 2.86. The fourth-order valence-corrected chi connectivity index (χ4v) is 3.08. The molecule has 0 saturated carbocycles. The van der Waals surface area contributed by atoms with E-state index in [1.807, 2.05) is 38.1 Å². The number of likely N-dealkylation sites (N-methyl/N-ethyl adjacent to an activating group) is 2. The summed E-state index contributed by atoms with van der Waals surface area (Å²) >= 11 is 0. The Balaban J connectivity index is 1.95. The van der Waals surface area contributed by atoms with Crippen LogP contribution < -0.4 is 20.1 Å². The van der Waals surface area contributed by atoms with Gasteiger partial charge in [0.15, 0.2) is 0 Å². The summed E-state index contributed by atoms with van der Waals surface area (Å²) in [5.74, 6) is 1.08. The van der Waals surface area contributed by atoms with Crippen molar-refractivity contribution in [1.82, 2.24) is 10.6 Å². The average molecular weight is 489 g/mol. The predicted molar refractivity (Wildman–Crippen MR) is 133 cm³/mol. The molecule has 0 unspecified atom stereocenters. The van der Waals surface area contributed by atoms with Gasteiger partial charge in [0.25, 0.3) is 0 Å². The number of nitrogens with one attached hydrogen (secondary N) is 2. The maximum Gasteiger partial charge on any atom is 0.245 e. The molecule has 2 aromatic rings. The first-order valence-corrected chi connectivity index (χ1v) is 11.6. The first kappa shape index (κ1) is 28.1. The van der Waals surface area contributed by atoms with E-state index in [0.717, 1.165) is 28.0 Å². The van der Waals surface area contributed by atoms with Crippen molar-refractivity contribution in [2.24, 2.45) is 0 Å². The van der Waals surface area contributed by atoms with Gasteiger partial charge in [-0.15, -0.1) is 0 Å². The highest BCUT2D eigenvalue weighted by Gasteiger charge is 2.13. The van der Waals surface area contributed by atoms with Crippen molar-refractivity contribution in [3.63, 3.8) is 0 Å². The zero-order valence-electron chi connectivity index (χ0n) is 21.0. The minimum Gasteiger partial charge on any atom is -0.491 e. The first-order chi connectivity index (χ1) is 16.9. The molecule has 2 rings (SSSR count). The number of carbonyl (C=O) groups excluding carboxylic acids is 2. The summed E-state index contributed by atoms with van der Waals surface area (Å²) in [6, 6.07) is 12.0. The van der Waals surface area contributed by atoms with E-state index < -0.39 is 0 Å². The lowest BCUT2D eigenvalue weighted by Gasteiger charge is -2.17. The second-order valence-corrected chi connectivity index (χ2v) is 7.76. The van der Waals surface area contributed by atoms with Crippen LogP contribution in [0.25, 0.3) is 11.1 Å². The number of rotatable bonds is 16. The number of hydrogen-bond acceptors (Lipinski definition) is 7. The zero-order valence-corrected chi connectivity index (χ0v) is 21.0. The lowest BCUT2D eigenvalue weighted by molar-refractivity contribution is -0.126. The Morgan fingerprint density at radius 1 is 0.629 bits per heavy atom. The number of carbonyl (C=O) groups is 2. The number of amides is 2. The summed E-state index contributed by atoms with van der Waals surface area (Å²) in [6.07, 6.45) is 0. The molecular weight excluding hydrogens is 452 g/mol. The predicted octanol–water partition coefficient (Wildman–Crippen LogP) is 2.27. The zero-order chi connectivity index (χ0) is 25.5. The van der Waals surface area contributed by atoms with Gasteiger partial charge in [0.2, 0.25) is 11.8 Å². The van der Waals surface area contributed by atoms with Gasteiger partial charge in [0.05, 0.1) is 26.4 Å². The summed E-state index contributed by atoms with van der Waals surface area (Å²) in [5, 5.41) is 5.01.